The van der Waals surface area contributed by atoms with Gasteiger partial charge in [-0.3, -0.25) is 4.79 Å². The quantitative estimate of drug-likeness (QED) is 0.867. The van der Waals surface area contributed by atoms with Crippen molar-refractivity contribution >= 4 is 34.8 Å². The summed E-state index contributed by atoms with van der Waals surface area (Å²) in [5.74, 6) is -0.867. The average Bonchev–Trinajstić information content (AvgIpc) is 2.44. The number of nitrogens with zero attached hydrogens (tertiary/aromatic N) is 1. The number of nitrogen functional groups attached to an aromatic ring is 1. The Morgan fingerprint density at radius 3 is 2.57 bits per heavy atom. The molecule has 0 aromatic heterocycles. The predicted octanol–water partition coefficient (Wildman–Crippen LogP) is 3.99. The van der Waals surface area contributed by atoms with Crippen LogP contribution < -0.4 is 5.73 Å². The van der Waals surface area contributed by atoms with Gasteiger partial charge in [-0.2, -0.15) is 0 Å². The van der Waals surface area contributed by atoms with Crippen molar-refractivity contribution in [3.8, 4) is 0 Å². The third kappa shape index (κ3) is 3.65. The first-order valence-electron chi connectivity index (χ1n) is 6.13. The second kappa shape index (κ2) is 6.33. The van der Waals surface area contributed by atoms with E-state index in [0.717, 1.165) is 11.6 Å². The van der Waals surface area contributed by atoms with Crippen LogP contribution in [0.3, 0.4) is 0 Å². The number of hydrogen-bond donors (Lipinski definition) is 1. The molecule has 0 aliphatic carbocycles. The lowest BCUT2D eigenvalue weighted by Gasteiger charge is -2.18. The molecule has 0 radical (unpaired) electrons. The van der Waals surface area contributed by atoms with Gasteiger partial charge in [-0.25, -0.2) is 4.39 Å². The van der Waals surface area contributed by atoms with E-state index in [4.69, 9.17) is 28.9 Å². The Balaban J connectivity index is 2.19. The van der Waals surface area contributed by atoms with E-state index in [0.29, 0.717) is 16.6 Å². The van der Waals surface area contributed by atoms with Crippen LogP contribution in [-0.4, -0.2) is 17.9 Å². The van der Waals surface area contributed by atoms with Crippen molar-refractivity contribution in [1.29, 1.82) is 0 Å². The number of nitrogens with two attached hydrogens (primary N) is 1. The maximum absolute atomic E-state index is 13.2. The lowest BCUT2D eigenvalue weighted by atomic mass is 10.1. The monoisotopic (exact) mass is 326 g/mol. The van der Waals surface area contributed by atoms with E-state index in [1.807, 2.05) is 0 Å². The van der Waals surface area contributed by atoms with Crippen molar-refractivity contribution in [3.05, 3.63) is 63.4 Å². The van der Waals surface area contributed by atoms with Crippen LogP contribution >= 0.6 is 23.2 Å². The molecule has 0 bridgehead atoms. The van der Waals surface area contributed by atoms with Gasteiger partial charge in [-0.05, 0) is 35.9 Å². The number of carbonyl (C=O) groups excluding carboxylic acids is 1. The average molecular weight is 327 g/mol. The molecular formula is C15H13Cl2FN2O. The van der Waals surface area contributed by atoms with Crippen LogP contribution in [0.1, 0.15) is 15.9 Å². The van der Waals surface area contributed by atoms with Gasteiger partial charge < -0.3 is 10.6 Å². The van der Waals surface area contributed by atoms with Gasteiger partial charge in [0.05, 0.1) is 15.6 Å². The van der Waals surface area contributed by atoms with Crippen LogP contribution in [0.15, 0.2) is 36.4 Å². The highest BCUT2D eigenvalue weighted by Gasteiger charge is 2.16. The lowest BCUT2D eigenvalue weighted by molar-refractivity contribution is 0.0785. The Bertz CT molecular complexity index is 691. The van der Waals surface area contributed by atoms with Crippen molar-refractivity contribution < 1.29 is 9.18 Å². The van der Waals surface area contributed by atoms with E-state index in [9.17, 15) is 9.18 Å². The molecule has 0 saturated carbocycles. The molecule has 21 heavy (non-hydrogen) atoms. The normalized spacial score (nSPS) is 10.5. The number of amides is 1. The minimum absolute atomic E-state index is 0.137. The molecule has 0 aliphatic heterocycles. The summed E-state index contributed by atoms with van der Waals surface area (Å²) in [6.07, 6.45) is 0. The number of benzene rings is 2. The summed E-state index contributed by atoms with van der Waals surface area (Å²) in [5, 5.41) is 0.865. The highest BCUT2D eigenvalue weighted by Crippen LogP contribution is 2.23. The molecule has 110 valence electrons. The summed E-state index contributed by atoms with van der Waals surface area (Å²) < 4.78 is 13.2. The fourth-order valence-electron chi connectivity index (χ4n) is 1.90. The van der Waals surface area contributed by atoms with E-state index in [1.165, 1.54) is 17.0 Å². The molecule has 2 N–H and O–H groups in total. The van der Waals surface area contributed by atoms with Crippen LogP contribution in [0.5, 0.6) is 0 Å². The molecule has 0 fully saturated rings. The number of anilines is 1. The molecule has 0 spiro atoms. The molecule has 3 nitrogen and oxygen atoms in total. The van der Waals surface area contributed by atoms with Gasteiger partial charge in [-0.15, -0.1) is 0 Å². The van der Waals surface area contributed by atoms with Crippen molar-refractivity contribution in [2.75, 3.05) is 12.8 Å². The maximum Gasteiger partial charge on any atom is 0.256 e. The molecule has 0 unspecified atom stereocenters. The zero-order valence-electron chi connectivity index (χ0n) is 11.2. The Morgan fingerprint density at radius 2 is 1.90 bits per heavy atom. The molecule has 0 aliphatic rings. The zero-order valence-corrected chi connectivity index (χ0v) is 12.7. The largest absolute Gasteiger partial charge is 0.398 e. The fourth-order valence-corrected chi connectivity index (χ4v) is 2.22. The molecule has 6 heteroatoms. The smallest absolute Gasteiger partial charge is 0.256 e. The maximum atomic E-state index is 13.2. The van der Waals surface area contributed by atoms with E-state index in [1.54, 1.807) is 25.2 Å². The Hall–Kier alpha value is -1.78. The van der Waals surface area contributed by atoms with Gasteiger partial charge in [0.25, 0.3) is 5.91 Å². The first-order chi connectivity index (χ1) is 9.88. The molecule has 0 saturated heterocycles. The number of halogens is 3. The number of rotatable bonds is 3. The molecule has 2 aromatic carbocycles. The van der Waals surface area contributed by atoms with Gasteiger partial charge >= 0.3 is 0 Å². The van der Waals surface area contributed by atoms with Gasteiger partial charge in [0.15, 0.2) is 0 Å². The fraction of sp³-hybridized carbons (Fsp3) is 0.133. The predicted molar refractivity (Wildman–Crippen MR) is 83.1 cm³/mol. The molecular weight excluding hydrogens is 314 g/mol. The van der Waals surface area contributed by atoms with E-state index >= 15 is 0 Å². The molecule has 2 aromatic rings. The van der Waals surface area contributed by atoms with Crippen molar-refractivity contribution in [2.45, 2.75) is 6.54 Å². The van der Waals surface area contributed by atoms with Crippen molar-refractivity contribution in [2.24, 2.45) is 0 Å². The summed E-state index contributed by atoms with van der Waals surface area (Å²) in [4.78, 5) is 13.7. The third-order valence-electron chi connectivity index (χ3n) is 3.00. The van der Waals surface area contributed by atoms with E-state index in [-0.39, 0.29) is 17.2 Å². The zero-order chi connectivity index (χ0) is 15.6. The van der Waals surface area contributed by atoms with Crippen molar-refractivity contribution in [1.82, 2.24) is 4.90 Å². The molecule has 1 amide bonds. The molecule has 2 rings (SSSR count). The van der Waals surface area contributed by atoms with Crippen LogP contribution in [0, 0.1) is 5.82 Å². The SMILES string of the molecule is CN(Cc1ccc(Cl)c(Cl)c1)C(=O)c1cc(F)ccc1N. The summed E-state index contributed by atoms with van der Waals surface area (Å²) >= 11 is 11.8. The minimum atomic E-state index is -0.504. The van der Waals surface area contributed by atoms with Gasteiger partial charge in [0.1, 0.15) is 5.82 Å². The Morgan fingerprint density at radius 1 is 1.19 bits per heavy atom. The van der Waals surface area contributed by atoms with Crippen LogP contribution in [0.4, 0.5) is 10.1 Å². The van der Waals surface area contributed by atoms with Gasteiger partial charge in [0.2, 0.25) is 0 Å². The molecule has 0 heterocycles. The summed E-state index contributed by atoms with van der Waals surface area (Å²) in [6.45, 7) is 0.311. The minimum Gasteiger partial charge on any atom is -0.398 e. The van der Waals surface area contributed by atoms with Crippen LogP contribution in [0.2, 0.25) is 10.0 Å². The molecule has 0 atom stereocenters. The third-order valence-corrected chi connectivity index (χ3v) is 3.74. The van der Waals surface area contributed by atoms with Gasteiger partial charge in [-0.1, -0.05) is 29.3 Å². The topological polar surface area (TPSA) is 46.3 Å². The van der Waals surface area contributed by atoms with Crippen LogP contribution in [-0.2, 0) is 6.54 Å². The first kappa shape index (κ1) is 15.6. The summed E-state index contributed by atoms with van der Waals surface area (Å²) in [5.41, 5.74) is 6.90. The van der Waals surface area contributed by atoms with Gasteiger partial charge in [0, 0.05) is 19.3 Å². The van der Waals surface area contributed by atoms with Crippen LogP contribution in [0.25, 0.3) is 0 Å². The first-order valence-corrected chi connectivity index (χ1v) is 6.88. The Labute approximate surface area is 132 Å². The highest BCUT2D eigenvalue weighted by molar-refractivity contribution is 6.42. The summed E-state index contributed by atoms with van der Waals surface area (Å²) in [7, 11) is 1.61. The number of carbonyl (C=O) groups is 1. The standard InChI is InChI=1S/C15H13Cl2FN2O/c1-20(8-9-2-4-12(16)13(17)6-9)15(21)11-7-10(18)3-5-14(11)19/h2-7H,8,19H2,1H3. The second-order valence-electron chi connectivity index (χ2n) is 4.64. The van der Waals surface area contributed by atoms with E-state index < -0.39 is 5.82 Å². The Kier molecular flexibility index (Phi) is 4.70. The number of hydrogen-bond acceptors (Lipinski definition) is 2. The van der Waals surface area contributed by atoms with E-state index in [2.05, 4.69) is 0 Å². The highest BCUT2D eigenvalue weighted by atomic mass is 35.5. The summed E-state index contributed by atoms with van der Waals surface area (Å²) in [6, 6.07) is 8.83. The van der Waals surface area contributed by atoms with Crippen molar-refractivity contribution in [3.63, 3.8) is 0 Å². The second-order valence-corrected chi connectivity index (χ2v) is 5.46. The lowest BCUT2D eigenvalue weighted by Crippen LogP contribution is -2.27.